The van der Waals surface area contributed by atoms with Gasteiger partial charge in [0.2, 0.25) is 0 Å². The molecule has 3 nitrogen and oxygen atoms in total. The molecule has 0 radical (unpaired) electrons. The maximum absolute atomic E-state index is 13.5. The van der Waals surface area contributed by atoms with Crippen molar-refractivity contribution >= 4 is 16.9 Å². The number of carbonyl (C=O) groups is 1. The van der Waals surface area contributed by atoms with Crippen LogP contribution >= 0.6 is 0 Å². The first kappa shape index (κ1) is 9.64. The summed E-state index contributed by atoms with van der Waals surface area (Å²) in [6.45, 7) is 0. The number of benzene rings is 1. The highest BCUT2D eigenvalue weighted by atomic mass is 19.1. The summed E-state index contributed by atoms with van der Waals surface area (Å²) in [4.78, 5) is 13.5. The van der Waals surface area contributed by atoms with Crippen LogP contribution in [0, 0.1) is 11.6 Å². The third kappa shape index (κ3) is 1.36. The van der Waals surface area contributed by atoms with Gasteiger partial charge in [-0.05, 0) is 12.1 Å². The molecule has 0 saturated carbocycles. The number of hydrogen-bond donors (Lipinski definition) is 1. The highest BCUT2D eigenvalue weighted by Crippen LogP contribution is 2.23. The highest BCUT2D eigenvalue weighted by Gasteiger charge is 2.19. The van der Waals surface area contributed by atoms with E-state index < -0.39 is 17.6 Å². The van der Waals surface area contributed by atoms with Crippen LogP contribution in [0.3, 0.4) is 0 Å². The lowest BCUT2D eigenvalue weighted by Gasteiger charge is -1.93. The zero-order chi connectivity index (χ0) is 11.0. The van der Waals surface area contributed by atoms with Crippen LogP contribution in [0.15, 0.2) is 18.2 Å². The van der Waals surface area contributed by atoms with Gasteiger partial charge >= 0.3 is 5.97 Å². The third-order valence-corrected chi connectivity index (χ3v) is 2.11. The zero-order valence-electron chi connectivity index (χ0n) is 7.80. The van der Waals surface area contributed by atoms with Crippen molar-refractivity contribution in [1.29, 1.82) is 0 Å². The molecule has 0 atom stereocenters. The first-order chi connectivity index (χ1) is 7.15. The second-order valence-corrected chi connectivity index (χ2v) is 2.97. The molecule has 78 valence electrons. The van der Waals surface area contributed by atoms with Gasteiger partial charge in [-0.1, -0.05) is 6.07 Å². The molecule has 1 aromatic carbocycles. The molecule has 1 N–H and O–H groups in total. The molecule has 0 unspecified atom stereocenters. The molecule has 0 spiro atoms. The van der Waals surface area contributed by atoms with Crippen LogP contribution < -0.4 is 0 Å². The quantitative estimate of drug-likeness (QED) is 0.735. The Morgan fingerprint density at radius 1 is 1.40 bits per heavy atom. The minimum absolute atomic E-state index is 0.0320. The fraction of sp³-hybridized carbons (Fsp3) is 0.100. The minimum Gasteiger partial charge on any atom is -0.464 e. The van der Waals surface area contributed by atoms with Crippen molar-refractivity contribution in [3.63, 3.8) is 0 Å². The van der Waals surface area contributed by atoms with Gasteiger partial charge in [-0.3, -0.25) is 0 Å². The van der Waals surface area contributed by atoms with Crippen LogP contribution in [-0.2, 0) is 4.74 Å². The second-order valence-electron chi connectivity index (χ2n) is 2.97. The van der Waals surface area contributed by atoms with Crippen molar-refractivity contribution in [2.24, 2.45) is 0 Å². The summed E-state index contributed by atoms with van der Waals surface area (Å²) in [6.07, 6.45) is 0. The maximum atomic E-state index is 13.5. The van der Waals surface area contributed by atoms with Gasteiger partial charge in [-0.2, -0.15) is 0 Å². The smallest absolute Gasteiger partial charge is 0.357 e. The molecule has 0 aliphatic carbocycles. The molecule has 0 aliphatic rings. The van der Waals surface area contributed by atoms with E-state index in [0.29, 0.717) is 0 Å². The monoisotopic (exact) mass is 211 g/mol. The Morgan fingerprint density at radius 3 is 2.73 bits per heavy atom. The number of para-hydroxylation sites is 1. The number of esters is 1. The number of H-pyrrole nitrogens is 1. The normalized spacial score (nSPS) is 10.6. The molecule has 15 heavy (non-hydrogen) atoms. The van der Waals surface area contributed by atoms with E-state index in [-0.39, 0.29) is 16.6 Å². The van der Waals surface area contributed by atoms with Crippen molar-refractivity contribution in [3.8, 4) is 0 Å². The van der Waals surface area contributed by atoms with E-state index in [1.54, 1.807) is 0 Å². The van der Waals surface area contributed by atoms with Gasteiger partial charge in [0.25, 0.3) is 0 Å². The molecule has 2 aromatic rings. The van der Waals surface area contributed by atoms with Gasteiger partial charge in [0.15, 0.2) is 11.5 Å². The summed E-state index contributed by atoms with van der Waals surface area (Å²) in [5.74, 6) is -2.26. The average molecular weight is 211 g/mol. The summed E-state index contributed by atoms with van der Waals surface area (Å²) in [5, 5.41) is 0.0374. The number of nitrogens with one attached hydrogen (secondary N) is 1. The van der Waals surface area contributed by atoms with E-state index in [1.807, 2.05) is 0 Å². The number of carbonyl (C=O) groups excluding carboxylic acids is 1. The van der Waals surface area contributed by atoms with Crippen molar-refractivity contribution < 1.29 is 18.3 Å². The van der Waals surface area contributed by atoms with Crippen molar-refractivity contribution in [3.05, 3.63) is 35.5 Å². The Labute approximate surface area is 83.7 Å². The number of aromatic nitrogens is 1. The zero-order valence-corrected chi connectivity index (χ0v) is 7.80. The van der Waals surface area contributed by atoms with Gasteiger partial charge in [-0.15, -0.1) is 0 Å². The molecule has 1 aromatic heterocycles. The molecule has 0 bridgehead atoms. The van der Waals surface area contributed by atoms with Gasteiger partial charge in [-0.25, -0.2) is 13.6 Å². The number of fused-ring (bicyclic) bond motifs is 1. The predicted molar refractivity (Wildman–Crippen MR) is 49.6 cm³/mol. The lowest BCUT2D eigenvalue weighted by atomic mass is 10.2. The predicted octanol–water partition coefficient (Wildman–Crippen LogP) is 2.23. The largest absolute Gasteiger partial charge is 0.464 e. The SMILES string of the molecule is COC(=O)c1[nH]c2c(F)cccc2c1F. The van der Waals surface area contributed by atoms with Gasteiger partial charge < -0.3 is 9.72 Å². The first-order valence-electron chi connectivity index (χ1n) is 4.19. The fourth-order valence-corrected chi connectivity index (χ4v) is 1.39. The topological polar surface area (TPSA) is 42.1 Å². The third-order valence-electron chi connectivity index (χ3n) is 2.11. The second kappa shape index (κ2) is 3.34. The Kier molecular flexibility index (Phi) is 2.15. The number of halogens is 2. The number of rotatable bonds is 1. The van der Waals surface area contributed by atoms with Crippen molar-refractivity contribution in [1.82, 2.24) is 4.98 Å². The summed E-state index contributed by atoms with van der Waals surface area (Å²) in [7, 11) is 1.13. The average Bonchev–Trinajstić information content (AvgIpc) is 2.57. The van der Waals surface area contributed by atoms with Crippen molar-refractivity contribution in [2.75, 3.05) is 7.11 Å². The van der Waals surface area contributed by atoms with E-state index in [2.05, 4.69) is 9.72 Å². The molecular weight excluding hydrogens is 204 g/mol. The Bertz CT molecular complexity index is 533. The molecule has 0 amide bonds. The van der Waals surface area contributed by atoms with Crippen molar-refractivity contribution in [2.45, 2.75) is 0 Å². The van der Waals surface area contributed by atoms with Crippen LogP contribution in [-0.4, -0.2) is 18.1 Å². The standard InChI is InChI=1S/C10H7F2NO2/c1-15-10(14)9-7(12)5-3-2-4-6(11)8(5)13-9/h2-4,13H,1H3. The van der Waals surface area contributed by atoms with Crippen LogP contribution in [0.25, 0.3) is 10.9 Å². The number of aromatic amines is 1. The summed E-state index contributed by atoms with van der Waals surface area (Å²) >= 11 is 0. The van der Waals surface area contributed by atoms with E-state index in [9.17, 15) is 13.6 Å². The van der Waals surface area contributed by atoms with Gasteiger partial charge in [0.05, 0.1) is 12.6 Å². The highest BCUT2D eigenvalue weighted by molar-refractivity contribution is 5.95. The van der Waals surface area contributed by atoms with Crippen LogP contribution in [0.1, 0.15) is 10.5 Å². The summed E-state index contributed by atoms with van der Waals surface area (Å²) < 4.78 is 31.1. The number of methoxy groups -OCH3 is 1. The molecule has 0 saturated heterocycles. The van der Waals surface area contributed by atoms with Gasteiger partial charge in [0, 0.05) is 5.39 Å². The lowest BCUT2D eigenvalue weighted by Crippen LogP contribution is -2.03. The molecule has 5 heteroatoms. The van der Waals surface area contributed by atoms with Gasteiger partial charge in [0.1, 0.15) is 5.82 Å². The molecule has 0 fully saturated rings. The summed E-state index contributed by atoms with van der Waals surface area (Å²) in [6, 6.07) is 3.94. The lowest BCUT2D eigenvalue weighted by molar-refractivity contribution is 0.0590. The number of ether oxygens (including phenoxy) is 1. The fourth-order valence-electron chi connectivity index (χ4n) is 1.39. The van der Waals surface area contributed by atoms with E-state index in [4.69, 9.17) is 0 Å². The maximum Gasteiger partial charge on any atom is 0.357 e. The van der Waals surface area contributed by atoms with E-state index in [0.717, 1.165) is 7.11 Å². The van der Waals surface area contributed by atoms with Crippen LogP contribution in [0.5, 0.6) is 0 Å². The molecule has 2 rings (SSSR count). The van der Waals surface area contributed by atoms with Crippen LogP contribution in [0.2, 0.25) is 0 Å². The molecule has 1 heterocycles. The van der Waals surface area contributed by atoms with Crippen LogP contribution in [0.4, 0.5) is 8.78 Å². The molecular formula is C10H7F2NO2. The van der Waals surface area contributed by atoms with E-state index in [1.165, 1.54) is 18.2 Å². The Balaban J connectivity index is 2.75. The Morgan fingerprint density at radius 2 is 2.13 bits per heavy atom. The Hall–Kier alpha value is -1.91. The van der Waals surface area contributed by atoms with E-state index >= 15 is 0 Å². The number of hydrogen-bond acceptors (Lipinski definition) is 2. The summed E-state index contributed by atoms with van der Waals surface area (Å²) in [5.41, 5.74) is -0.395. The minimum atomic E-state index is -0.858. The first-order valence-corrected chi connectivity index (χ1v) is 4.19. The molecule has 0 aliphatic heterocycles.